The first-order valence-corrected chi connectivity index (χ1v) is 14.2. The number of benzene rings is 2. The van der Waals surface area contributed by atoms with Gasteiger partial charge in [0.25, 0.3) is 0 Å². The molecule has 2 atom stereocenters. The van der Waals surface area contributed by atoms with Gasteiger partial charge in [0.05, 0.1) is 38.9 Å². The summed E-state index contributed by atoms with van der Waals surface area (Å²) in [7, 11) is 4.67. The number of fused-ring (bicyclic) bond motifs is 2. The van der Waals surface area contributed by atoms with Gasteiger partial charge in [-0.05, 0) is 68.5 Å². The first kappa shape index (κ1) is 28.8. The first-order chi connectivity index (χ1) is 19.7. The number of ether oxygens (including phenoxy) is 4. The van der Waals surface area contributed by atoms with Crippen LogP contribution in [0.3, 0.4) is 0 Å². The third-order valence-corrected chi connectivity index (χ3v) is 8.88. The highest BCUT2D eigenvalue weighted by atomic mass is 16.5. The molecule has 1 N–H and O–H groups in total. The lowest BCUT2D eigenvalue weighted by molar-refractivity contribution is -0.142. The molecule has 1 saturated carbocycles. The number of likely N-dealkylation sites (tertiary alicyclic amines) is 1. The van der Waals surface area contributed by atoms with Crippen molar-refractivity contribution < 1.29 is 33.3 Å². The minimum Gasteiger partial charge on any atom is -0.493 e. The zero-order valence-corrected chi connectivity index (χ0v) is 24.5. The molecule has 3 aromatic rings. The van der Waals surface area contributed by atoms with Crippen LogP contribution in [0, 0.1) is 19.8 Å². The van der Waals surface area contributed by atoms with Gasteiger partial charge < -0.3 is 33.4 Å². The fourth-order valence-electron chi connectivity index (χ4n) is 6.37. The summed E-state index contributed by atoms with van der Waals surface area (Å²) in [4.78, 5) is 28.2. The lowest BCUT2D eigenvalue weighted by Crippen LogP contribution is -2.55. The van der Waals surface area contributed by atoms with E-state index in [2.05, 4.69) is 0 Å². The number of methoxy groups -OCH3 is 3. The van der Waals surface area contributed by atoms with Crippen LogP contribution in [-0.2, 0) is 17.8 Å². The predicted octanol–water partition coefficient (Wildman–Crippen LogP) is 4.71. The highest BCUT2D eigenvalue weighted by Gasteiger charge is 2.43. The van der Waals surface area contributed by atoms with Crippen molar-refractivity contribution in [2.45, 2.75) is 64.6 Å². The maximum Gasteiger partial charge on any atom is 0.340 e. The largest absolute Gasteiger partial charge is 0.493 e. The van der Waals surface area contributed by atoms with Gasteiger partial charge >= 0.3 is 5.63 Å². The summed E-state index contributed by atoms with van der Waals surface area (Å²) in [6, 6.07) is 7.36. The van der Waals surface area contributed by atoms with Crippen molar-refractivity contribution in [2.24, 2.45) is 5.92 Å². The Bertz CT molecular complexity index is 1490. The van der Waals surface area contributed by atoms with E-state index >= 15 is 0 Å². The van der Waals surface area contributed by atoms with E-state index in [0.29, 0.717) is 59.2 Å². The van der Waals surface area contributed by atoms with Crippen LogP contribution in [0.15, 0.2) is 33.5 Å². The maximum atomic E-state index is 13.3. The molecule has 1 saturated heterocycles. The van der Waals surface area contributed by atoms with E-state index in [1.165, 1.54) is 0 Å². The highest BCUT2D eigenvalue weighted by Crippen LogP contribution is 2.41. The average molecular weight is 566 g/mol. The molecule has 1 aliphatic carbocycles. The van der Waals surface area contributed by atoms with Crippen LogP contribution >= 0.6 is 0 Å². The Morgan fingerprint density at radius 1 is 1.02 bits per heavy atom. The summed E-state index contributed by atoms with van der Waals surface area (Å²) in [6.07, 6.45) is 4.42. The van der Waals surface area contributed by atoms with Gasteiger partial charge in [-0.25, -0.2) is 4.79 Å². The lowest BCUT2D eigenvalue weighted by Gasteiger charge is -2.47. The molecule has 2 fully saturated rings. The Labute approximate surface area is 239 Å². The van der Waals surface area contributed by atoms with E-state index in [9.17, 15) is 14.7 Å². The van der Waals surface area contributed by atoms with Crippen molar-refractivity contribution in [3.05, 3.63) is 56.9 Å². The minimum atomic E-state index is -0.657. The second-order valence-electron chi connectivity index (χ2n) is 11.2. The summed E-state index contributed by atoms with van der Waals surface area (Å²) in [5, 5.41) is 11.7. The number of nitrogens with zero attached hydrogens (tertiary/aromatic N) is 1. The molecular weight excluding hydrogens is 526 g/mol. The Balaban J connectivity index is 1.35. The second-order valence-corrected chi connectivity index (χ2v) is 11.2. The molecule has 0 bridgehead atoms. The van der Waals surface area contributed by atoms with E-state index in [4.69, 9.17) is 23.4 Å². The molecule has 2 aromatic carbocycles. The van der Waals surface area contributed by atoms with Crippen LogP contribution in [0.4, 0.5) is 0 Å². The number of piperidine rings is 1. The zero-order valence-electron chi connectivity index (χ0n) is 24.5. The smallest absolute Gasteiger partial charge is 0.340 e. The van der Waals surface area contributed by atoms with Gasteiger partial charge in [0.2, 0.25) is 11.7 Å². The van der Waals surface area contributed by atoms with Crippen molar-refractivity contribution in [2.75, 3.05) is 34.4 Å². The minimum absolute atomic E-state index is 0.0201. The topological polar surface area (TPSA) is 108 Å². The number of rotatable bonds is 8. The number of hydrogen-bond acceptors (Lipinski definition) is 8. The molecule has 5 rings (SSSR count). The van der Waals surface area contributed by atoms with E-state index in [0.717, 1.165) is 42.2 Å². The fraction of sp³-hybridized carbons (Fsp3) is 0.500. The maximum absolute atomic E-state index is 13.3. The Morgan fingerprint density at radius 3 is 2.44 bits per heavy atom. The molecule has 9 heteroatoms. The summed E-state index contributed by atoms with van der Waals surface area (Å²) >= 11 is 0. The van der Waals surface area contributed by atoms with Gasteiger partial charge in [0.1, 0.15) is 17.9 Å². The average Bonchev–Trinajstić information content (AvgIpc) is 2.97. The van der Waals surface area contributed by atoms with Crippen LogP contribution in [0.5, 0.6) is 23.0 Å². The first-order valence-electron chi connectivity index (χ1n) is 14.2. The summed E-state index contributed by atoms with van der Waals surface area (Å²) in [5.41, 5.74) is 1.88. The molecule has 2 aliphatic rings. The van der Waals surface area contributed by atoms with Crippen molar-refractivity contribution in [1.29, 1.82) is 0 Å². The van der Waals surface area contributed by atoms with E-state index in [-0.39, 0.29) is 24.9 Å². The van der Waals surface area contributed by atoms with Gasteiger partial charge in [0.15, 0.2) is 11.5 Å². The third-order valence-electron chi connectivity index (χ3n) is 8.88. The molecule has 220 valence electrons. The normalized spacial score (nSPS) is 20.4. The molecule has 0 radical (unpaired) electrons. The standard InChI is InChI=1S/C32H39NO8/c1-19-23-9-10-25(40-18-21-14-26(37-3)30(39-5)27(15-21)38-4)20(2)29(23)41-31(35)24(19)16-28(34)33-13-12-32(36)11-7-6-8-22(32)17-33/h9-10,14-15,22,36H,6-8,11-13,16-18H2,1-5H3/t22-,32+/m1/s1. The van der Waals surface area contributed by atoms with Gasteiger partial charge in [-0.15, -0.1) is 0 Å². The van der Waals surface area contributed by atoms with Crippen LogP contribution in [0.25, 0.3) is 11.0 Å². The number of carbonyl (C=O) groups is 1. The Hall–Kier alpha value is -3.72. The molecular formula is C32H39NO8. The number of amides is 1. The van der Waals surface area contributed by atoms with Gasteiger partial charge in [-0.1, -0.05) is 12.8 Å². The predicted molar refractivity (Wildman–Crippen MR) is 154 cm³/mol. The summed E-state index contributed by atoms with van der Waals surface area (Å²) < 4.78 is 28.2. The molecule has 1 aliphatic heterocycles. The van der Waals surface area contributed by atoms with Gasteiger partial charge in [0, 0.05) is 30.0 Å². The van der Waals surface area contributed by atoms with Crippen molar-refractivity contribution >= 4 is 16.9 Å². The molecule has 0 spiro atoms. The van der Waals surface area contributed by atoms with Gasteiger partial charge in [-0.2, -0.15) is 0 Å². The number of carbonyl (C=O) groups excluding carboxylic acids is 1. The quantitative estimate of drug-likeness (QED) is 0.392. The van der Waals surface area contributed by atoms with Gasteiger partial charge in [-0.3, -0.25) is 4.79 Å². The molecule has 1 amide bonds. The molecule has 9 nitrogen and oxygen atoms in total. The van der Waals surface area contributed by atoms with Crippen LogP contribution < -0.4 is 24.6 Å². The zero-order chi connectivity index (χ0) is 29.3. The number of aryl methyl sites for hydroxylation is 2. The molecule has 1 aromatic heterocycles. The summed E-state index contributed by atoms with van der Waals surface area (Å²) in [6.45, 7) is 4.98. The van der Waals surface area contributed by atoms with E-state index in [1.54, 1.807) is 26.2 Å². The van der Waals surface area contributed by atoms with Crippen molar-refractivity contribution in [3.63, 3.8) is 0 Å². The number of hydrogen-bond donors (Lipinski definition) is 1. The van der Waals surface area contributed by atoms with Crippen LogP contribution in [0.1, 0.15) is 54.4 Å². The monoisotopic (exact) mass is 565 g/mol. The Kier molecular flexibility index (Phi) is 8.18. The Morgan fingerprint density at radius 2 is 1.76 bits per heavy atom. The van der Waals surface area contributed by atoms with E-state index in [1.807, 2.05) is 38.1 Å². The summed E-state index contributed by atoms with van der Waals surface area (Å²) in [5.74, 6) is 2.14. The van der Waals surface area contributed by atoms with Crippen molar-refractivity contribution in [3.8, 4) is 23.0 Å². The third kappa shape index (κ3) is 5.47. The molecule has 2 heterocycles. The SMILES string of the molecule is COc1cc(COc2ccc3c(C)c(CC(=O)N4CC[C@@]5(O)CCCC[C@@H]5C4)c(=O)oc3c2C)cc(OC)c1OC. The van der Waals surface area contributed by atoms with Crippen LogP contribution in [-0.4, -0.2) is 55.9 Å². The van der Waals surface area contributed by atoms with Crippen LogP contribution in [0.2, 0.25) is 0 Å². The van der Waals surface area contributed by atoms with E-state index < -0.39 is 11.2 Å². The second kappa shape index (κ2) is 11.6. The van der Waals surface area contributed by atoms with Crippen molar-refractivity contribution in [1.82, 2.24) is 4.90 Å². The molecule has 41 heavy (non-hydrogen) atoms. The molecule has 0 unspecified atom stereocenters. The highest BCUT2D eigenvalue weighted by molar-refractivity contribution is 5.87. The number of aliphatic hydroxyl groups is 1. The lowest BCUT2D eigenvalue weighted by atomic mass is 9.71. The fourth-order valence-corrected chi connectivity index (χ4v) is 6.37.